The first kappa shape index (κ1) is 7.18. The molecule has 0 fully saturated rings. The van der Waals surface area contributed by atoms with Gasteiger partial charge in [0.05, 0.1) is 6.20 Å². The molecule has 0 aliphatic heterocycles. The average Bonchev–Trinajstić information content (AvgIpc) is 2.34. The van der Waals surface area contributed by atoms with Gasteiger partial charge in [0.25, 0.3) is 6.43 Å². The summed E-state index contributed by atoms with van der Waals surface area (Å²) in [6.45, 7) is 1.86. The Bertz CT molecular complexity index is 207. The number of aromatic nitrogens is 2. The molecule has 0 saturated carbocycles. The first-order chi connectivity index (χ1) is 4.74. The van der Waals surface area contributed by atoms with Crippen molar-refractivity contribution in [1.29, 1.82) is 0 Å². The monoisotopic (exact) mass is 146 g/mol. The smallest absolute Gasteiger partial charge is 0.279 e. The molecule has 0 aromatic carbocycles. The molecule has 1 aromatic rings. The largest absolute Gasteiger partial charge is 0.341 e. The van der Waals surface area contributed by atoms with Gasteiger partial charge in [-0.2, -0.15) is 0 Å². The highest BCUT2D eigenvalue weighted by Gasteiger charge is 2.08. The summed E-state index contributed by atoms with van der Waals surface area (Å²) < 4.78 is 23.7. The first-order valence-corrected chi connectivity index (χ1v) is 3.06. The van der Waals surface area contributed by atoms with Crippen LogP contribution >= 0.6 is 0 Å². The summed E-state index contributed by atoms with van der Waals surface area (Å²) in [7, 11) is 0. The third-order valence-corrected chi connectivity index (χ3v) is 1.22. The quantitative estimate of drug-likeness (QED) is 0.678. The maximum absolute atomic E-state index is 11.8. The van der Waals surface area contributed by atoms with Crippen LogP contribution in [-0.2, 0) is 6.42 Å². The summed E-state index contributed by atoms with van der Waals surface area (Å²) >= 11 is 0. The Balaban J connectivity index is 2.78. The summed E-state index contributed by atoms with van der Waals surface area (Å²) in [5.41, 5.74) is -0.100. The topological polar surface area (TPSA) is 28.7 Å². The second-order valence-electron chi connectivity index (χ2n) is 1.94. The van der Waals surface area contributed by atoms with E-state index in [-0.39, 0.29) is 5.69 Å². The van der Waals surface area contributed by atoms with Crippen LogP contribution < -0.4 is 0 Å². The highest BCUT2D eigenvalue weighted by atomic mass is 19.3. The normalized spacial score (nSPS) is 10.8. The molecule has 0 aliphatic rings. The van der Waals surface area contributed by atoms with Gasteiger partial charge in [0.2, 0.25) is 0 Å². The molecule has 0 radical (unpaired) electrons. The lowest BCUT2D eigenvalue weighted by atomic mass is 10.5. The lowest BCUT2D eigenvalue weighted by Crippen LogP contribution is -1.85. The van der Waals surface area contributed by atoms with Gasteiger partial charge in [-0.05, 0) is 0 Å². The van der Waals surface area contributed by atoms with E-state index in [1.165, 1.54) is 6.20 Å². The van der Waals surface area contributed by atoms with Crippen molar-refractivity contribution in [3.8, 4) is 0 Å². The minimum Gasteiger partial charge on any atom is -0.341 e. The Morgan fingerprint density at radius 1 is 1.70 bits per heavy atom. The summed E-state index contributed by atoms with van der Waals surface area (Å²) in [6, 6.07) is 0. The van der Waals surface area contributed by atoms with Crippen LogP contribution in [0.4, 0.5) is 8.78 Å². The number of aromatic amines is 1. The molecule has 0 spiro atoms. The fourth-order valence-electron chi connectivity index (χ4n) is 0.669. The Kier molecular flexibility index (Phi) is 1.99. The minimum atomic E-state index is -2.44. The number of imidazole rings is 1. The molecule has 1 rings (SSSR count). The fourth-order valence-corrected chi connectivity index (χ4v) is 0.669. The van der Waals surface area contributed by atoms with Crippen molar-refractivity contribution >= 4 is 0 Å². The third-order valence-electron chi connectivity index (χ3n) is 1.22. The minimum absolute atomic E-state index is 0.100. The number of nitrogens with zero attached hydrogens (tertiary/aromatic N) is 1. The Hall–Kier alpha value is -0.930. The number of nitrogens with one attached hydrogen (secondary N) is 1. The molecular weight excluding hydrogens is 138 g/mol. The molecule has 0 saturated heterocycles. The lowest BCUT2D eigenvalue weighted by molar-refractivity contribution is 0.146. The average molecular weight is 146 g/mol. The second-order valence-corrected chi connectivity index (χ2v) is 1.94. The van der Waals surface area contributed by atoms with Gasteiger partial charge >= 0.3 is 0 Å². The highest BCUT2D eigenvalue weighted by Crippen LogP contribution is 2.15. The summed E-state index contributed by atoms with van der Waals surface area (Å²) in [4.78, 5) is 6.22. The van der Waals surface area contributed by atoms with E-state index in [9.17, 15) is 8.78 Å². The molecule has 1 aromatic heterocycles. The number of halogens is 2. The van der Waals surface area contributed by atoms with Crippen molar-refractivity contribution in [3.63, 3.8) is 0 Å². The van der Waals surface area contributed by atoms with Crippen LogP contribution in [0, 0.1) is 0 Å². The summed E-state index contributed by atoms with van der Waals surface area (Å²) in [5, 5.41) is 0. The Morgan fingerprint density at radius 2 is 2.40 bits per heavy atom. The fraction of sp³-hybridized carbons (Fsp3) is 0.500. The molecule has 0 atom stereocenters. The van der Waals surface area contributed by atoms with Crippen LogP contribution in [0.1, 0.15) is 24.9 Å². The van der Waals surface area contributed by atoms with Gasteiger partial charge in [0.1, 0.15) is 11.5 Å². The number of hydrogen-bond acceptors (Lipinski definition) is 1. The van der Waals surface area contributed by atoms with Crippen molar-refractivity contribution in [1.82, 2.24) is 9.97 Å². The molecule has 10 heavy (non-hydrogen) atoms. The van der Waals surface area contributed by atoms with Crippen LogP contribution in [0.2, 0.25) is 0 Å². The number of H-pyrrole nitrogens is 1. The molecule has 1 N–H and O–H groups in total. The van der Waals surface area contributed by atoms with Gasteiger partial charge in [-0.1, -0.05) is 6.92 Å². The zero-order valence-electron chi connectivity index (χ0n) is 5.56. The van der Waals surface area contributed by atoms with Crippen molar-refractivity contribution in [3.05, 3.63) is 17.7 Å². The van der Waals surface area contributed by atoms with Crippen LogP contribution in [0.25, 0.3) is 0 Å². The van der Waals surface area contributed by atoms with Crippen molar-refractivity contribution < 1.29 is 8.78 Å². The van der Waals surface area contributed by atoms with Gasteiger partial charge in [0, 0.05) is 6.42 Å². The number of alkyl halides is 2. The molecule has 0 unspecified atom stereocenters. The van der Waals surface area contributed by atoms with Gasteiger partial charge in [0.15, 0.2) is 0 Å². The molecule has 56 valence electrons. The van der Waals surface area contributed by atoms with Crippen molar-refractivity contribution in [2.45, 2.75) is 19.8 Å². The maximum Gasteiger partial charge on any atom is 0.279 e. The summed E-state index contributed by atoms with van der Waals surface area (Å²) in [5.74, 6) is 0.607. The number of hydrogen-bond donors (Lipinski definition) is 1. The third kappa shape index (κ3) is 1.32. The molecule has 0 bridgehead atoms. The molecular formula is C6H8F2N2. The van der Waals surface area contributed by atoms with Gasteiger partial charge in [-0.25, -0.2) is 13.8 Å². The van der Waals surface area contributed by atoms with E-state index in [0.717, 1.165) is 0 Å². The first-order valence-electron chi connectivity index (χ1n) is 3.06. The predicted octanol–water partition coefficient (Wildman–Crippen LogP) is 1.91. The van der Waals surface area contributed by atoms with E-state index in [0.29, 0.717) is 12.2 Å². The molecule has 4 heteroatoms. The SMILES string of the molecule is CCc1ncc(C(F)F)[nH]1. The molecule has 2 nitrogen and oxygen atoms in total. The highest BCUT2D eigenvalue weighted by molar-refractivity contribution is 5.01. The van der Waals surface area contributed by atoms with E-state index in [1.807, 2.05) is 6.92 Å². The van der Waals surface area contributed by atoms with E-state index >= 15 is 0 Å². The van der Waals surface area contributed by atoms with Gasteiger partial charge in [-0.3, -0.25) is 0 Å². The Labute approximate surface area is 57.3 Å². The van der Waals surface area contributed by atoms with Crippen LogP contribution in [0.3, 0.4) is 0 Å². The number of rotatable bonds is 2. The molecule has 1 heterocycles. The van der Waals surface area contributed by atoms with E-state index in [4.69, 9.17) is 0 Å². The van der Waals surface area contributed by atoms with Crippen LogP contribution in [-0.4, -0.2) is 9.97 Å². The van der Waals surface area contributed by atoms with Gasteiger partial charge < -0.3 is 4.98 Å². The maximum atomic E-state index is 11.8. The van der Waals surface area contributed by atoms with Crippen LogP contribution in [0.5, 0.6) is 0 Å². The molecule has 0 aliphatic carbocycles. The van der Waals surface area contributed by atoms with E-state index in [1.54, 1.807) is 0 Å². The molecule has 0 amide bonds. The zero-order chi connectivity index (χ0) is 7.56. The summed E-state index contributed by atoms with van der Waals surface area (Å²) in [6.07, 6.45) is -0.608. The second kappa shape index (κ2) is 2.77. The number of aryl methyl sites for hydroxylation is 1. The van der Waals surface area contributed by atoms with Crippen LogP contribution in [0.15, 0.2) is 6.20 Å². The van der Waals surface area contributed by atoms with E-state index in [2.05, 4.69) is 9.97 Å². The van der Waals surface area contributed by atoms with Crippen molar-refractivity contribution in [2.75, 3.05) is 0 Å². The predicted molar refractivity (Wildman–Crippen MR) is 32.9 cm³/mol. The van der Waals surface area contributed by atoms with E-state index < -0.39 is 6.43 Å². The lowest BCUT2D eigenvalue weighted by Gasteiger charge is -1.90. The van der Waals surface area contributed by atoms with Crippen molar-refractivity contribution in [2.24, 2.45) is 0 Å². The van der Waals surface area contributed by atoms with Gasteiger partial charge in [-0.15, -0.1) is 0 Å². The standard InChI is InChI=1S/C6H8F2N2/c1-2-5-9-3-4(10-5)6(7)8/h3,6H,2H2,1H3,(H,9,10). The zero-order valence-corrected chi connectivity index (χ0v) is 5.56. The Morgan fingerprint density at radius 3 is 2.70 bits per heavy atom.